The van der Waals surface area contributed by atoms with Crippen LogP contribution in [0.15, 0.2) is 41.0 Å². The van der Waals surface area contributed by atoms with E-state index in [4.69, 9.17) is 23.4 Å². The molecular weight excluding hydrogens is 634 g/mol. The summed E-state index contributed by atoms with van der Waals surface area (Å²) in [5, 5.41) is 45.4. The Kier molecular flexibility index (Phi) is 9.89. The molecule has 0 spiro atoms. The van der Waals surface area contributed by atoms with Crippen molar-refractivity contribution in [3.63, 3.8) is 0 Å². The van der Waals surface area contributed by atoms with Crippen LogP contribution in [0.5, 0.6) is 17.2 Å². The number of nitrogens with zero attached hydrogens (tertiary/aromatic N) is 1. The van der Waals surface area contributed by atoms with Crippen LogP contribution in [0.4, 0.5) is 0 Å². The van der Waals surface area contributed by atoms with Crippen molar-refractivity contribution in [3.05, 3.63) is 53.7 Å². The van der Waals surface area contributed by atoms with Gasteiger partial charge in [0.15, 0.2) is 5.58 Å². The summed E-state index contributed by atoms with van der Waals surface area (Å²) < 4.78 is 29.6. The van der Waals surface area contributed by atoms with Crippen molar-refractivity contribution in [2.45, 2.75) is 85.6 Å². The number of ketones is 1. The molecule has 2 aliphatic heterocycles. The summed E-state index contributed by atoms with van der Waals surface area (Å²) in [6.45, 7) is 13.2. The molecule has 0 unspecified atom stereocenters. The van der Waals surface area contributed by atoms with E-state index in [9.17, 15) is 30.0 Å². The standard InChI is InChI=1S/C37H45NO11/c1-16-11-10-12-17(2)36-38-23-15-24(40)26-27(34(23)48-36)31(43)21(6)33-28(26)35(44)37(8,49-33)46-14-13-25(45-9)18(3)32(47-22(7)39)20(5)30(42)19(4)29(16)41/h10-16,18-20,25,29-30,32,40-43H,1-9H3/b11-10+,14-13+,17-12-/t16-,18+,19+,20+,25-,29-,30+,32+,37-/m0/s1. The Morgan fingerprint density at radius 3 is 2.35 bits per heavy atom. The number of aliphatic hydroxyl groups is 2. The van der Waals surface area contributed by atoms with Gasteiger partial charge in [0.25, 0.3) is 5.78 Å². The van der Waals surface area contributed by atoms with E-state index in [1.807, 2.05) is 6.92 Å². The fourth-order valence-electron chi connectivity index (χ4n) is 6.89. The van der Waals surface area contributed by atoms with Crippen molar-refractivity contribution in [1.29, 1.82) is 0 Å². The van der Waals surface area contributed by atoms with E-state index in [-0.39, 0.29) is 62.1 Å². The average molecular weight is 680 g/mol. The maximum absolute atomic E-state index is 14.0. The SMILES string of the molecule is CO[C@H]1/C=C/O[C@@]2(C)Oc3c(C)c(O)c4c(c(O)cc5nc(oc54)/C(C)=C\C=C\[C@H](C)[C@H](O)[C@@H](C)[C@@H](O)[C@@H](C)[C@H](OC(C)=O)[C@@H]1C)c3C2=O. The molecule has 3 heterocycles. The normalized spacial score (nSPS) is 33.4. The lowest BCUT2D eigenvalue weighted by Crippen LogP contribution is -2.46. The second kappa shape index (κ2) is 13.5. The molecule has 0 fully saturated rings. The lowest BCUT2D eigenvalue weighted by atomic mass is 9.78. The fourth-order valence-corrected chi connectivity index (χ4v) is 6.89. The van der Waals surface area contributed by atoms with Crippen molar-refractivity contribution in [2.75, 3.05) is 7.11 Å². The molecule has 49 heavy (non-hydrogen) atoms. The summed E-state index contributed by atoms with van der Waals surface area (Å²) in [7, 11) is 1.46. The number of aromatic hydroxyl groups is 2. The van der Waals surface area contributed by atoms with Gasteiger partial charge in [-0.2, -0.15) is 0 Å². The van der Waals surface area contributed by atoms with Crippen molar-refractivity contribution in [2.24, 2.45) is 23.7 Å². The Balaban J connectivity index is 1.68. The topological polar surface area (TPSA) is 178 Å². The van der Waals surface area contributed by atoms with Gasteiger partial charge in [0, 0.05) is 67.2 Å². The molecule has 9 atom stereocenters. The number of allylic oxidation sites excluding steroid dienone is 3. The van der Waals surface area contributed by atoms with Crippen molar-refractivity contribution in [3.8, 4) is 17.2 Å². The number of Topliss-reactive ketones (excluding diaryl/α,β-unsaturated/α-hetero) is 1. The summed E-state index contributed by atoms with van der Waals surface area (Å²) in [4.78, 5) is 30.8. The monoisotopic (exact) mass is 679 g/mol. The van der Waals surface area contributed by atoms with Gasteiger partial charge in [-0.05, 0) is 19.9 Å². The highest BCUT2D eigenvalue weighted by atomic mass is 16.7. The Morgan fingerprint density at radius 1 is 1.00 bits per heavy atom. The molecule has 264 valence electrons. The van der Waals surface area contributed by atoms with Crippen LogP contribution in [0.3, 0.4) is 0 Å². The Labute approximate surface area is 284 Å². The molecular formula is C37H45NO11. The number of rotatable bonds is 2. The number of fused-ring (bicyclic) bond motifs is 2. The van der Waals surface area contributed by atoms with Crippen LogP contribution < -0.4 is 4.74 Å². The number of benzene rings is 2. The Bertz CT molecular complexity index is 1870. The van der Waals surface area contributed by atoms with E-state index in [0.29, 0.717) is 5.57 Å². The minimum absolute atomic E-state index is 0.0169. The highest BCUT2D eigenvalue weighted by molar-refractivity contribution is 6.23. The first-order valence-electron chi connectivity index (χ1n) is 16.3. The number of aromatic nitrogens is 1. The third kappa shape index (κ3) is 6.28. The van der Waals surface area contributed by atoms with Gasteiger partial charge >= 0.3 is 11.8 Å². The van der Waals surface area contributed by atoms with Crippen LogP contribution in [-0.4, -0.2) is 74.5 Å². The number of phenolic OH excluding ortho intramolecular Hbond substituents is 2. The van der Waals surface area contributed by atoms with E-state index in [2.05, 4.69) is 4.98 Å². The first-order chi connectivity index (χ1) is 23.0. The summed E-state index contributed by atoms with van der Waals surface area (Å²) in [5.41, 5.74) is 1.30. The molecule has 2 aliphatic rings. The summed E-state index contributed by atoms with van der Waals surface area (Å²) in [5.74, 6) is -5.46. The number of esters is 1. The van der Waals surface area contributed by atoms with E-state index in [1.165, 1.54) is 33.3 Å². The molecule has 4 N–H and O–H groups in total. The first kappa shape index (κ1) is 35.9. The number of phenols is 2. The van der Waals surface area contributed by atoms with Gasteiger partial charge in [-0.15, -0.1) is 0 Å². The zero-order valence-electron chi connectivity index (χ0n) is 29.2. The summed E-state index contributed by atoms with van der Waals surface area (Å²) >= 11 is 0. The van der Waals surface area contributed by atoms with Gasteiger partial charge in [-0.25, -0.2) is 4.98 Å². The van der Waals surface area contributed by atoms with Crippen molar-refractivity contribution >= 4 is 39.2 Å². The number of oxazole rings is 1. The van der Waals surface area contributed by atoms with Gasteiger partial charge in [-0.3, -0.25) is 9.59 Å². The summed E-state index contributed by atoms with van der Waals surface area (Å²) in [6.07, 6.45) is 4.52. The van der Waals surface area contributed by atoms with Gasteiger partial charge in [0.05, 0.1) is 35.5 Å². The van der Waals surface area contributed by atoms with Crippen LogP contribution in [0.25, 0.3) is 27.4 Å². The zero-order valence-corrected chi connectivity index (χ0v) is 29.2. The quantitative estimate of drug-likeness (QED) is 0.243. The number of hydrogen-bond acceptors (Lipinski definition) is 12. The molecule has 0 radical (unpaired) electrons. The average Bonchev–Trinajstić information content (AvgIpc) is 3.60. The Morgan fingerprint density at radius 2 is 1.69 bits per heavy atom. The number of carbonyl (C=O) groups excluding carboxylic acids is 2. The zero-order chi connectivity index (χ0) is 36.1. The van der Waals surface area contributed by atoms with Crippen LogP contribution >= 0.6 is 0 Å². The largest absolute Gasteiger partial charge is 0.507 e. The first-order valence-corrected chi connectivity index (χ1v) is 16.3. The van der Waals surface area contributed by atoms with E-state index >= 15 is 0 Å². The van der Waals surface area contributed by atoms with E-state index in [0.717, 1.165) is 0 Å². The van der Waals surface area contributed by atoms with Crippen molar-refractivity contribution in [1.82, 2.24) is 4.98 Å². The third-order valence-corrected chi connectivity index (χ3v) is 9.95. The third-order valence-electron chi connectivity index (χ3n) is 9.95. The smallest absolute Gasteiger partial charge is 0.312 e. The van der Waals surface area contributed by atoms with E-state index in [1.54, 1.807) is 58.9 Å². The molecule has 12 nitrogen and oxygen atoms in total. The molecule has 2 aromatic carbocycles. The van der Waals surface area contributed by atoms with Crippen LogP contribution in [0, 0.1) is 30.6 Å². The second-order valence-corrected chi connectivity index (χ2v) is 13.4. The molecule has 0 saturated carbocycles. The molecule has 5 rings (SSSR count). The minimum Gasteiger partial charge on any atom is -0.507 e. The Hall–Kier alpha value is -4.39. The minimum atomic E-state index is -1.89. The number of methoxy groups -OCH3 is 1. The number of carbonyl (C=O) groups is 2. The second-order valence-electron chi connectivity index (χ2n) is 13.4. The maximum Gasteiger partial charge on any atom is 0.312 e. The van der Waals surface area contributed by atoms with Crippen LogP contribution in [-0.2, 0) is 19.0 Å². The highest BCUT2D eigenvalue weighted by Crippen LogP contribution is 2.51. The maximum atomic E-state index is 14.0. The van der Waals surface area contributed by atoms with Crippen LogP contribution in [0.2, 0.25) is 0 Å². The lowest BCUT2D eigenvalue weighted by molar-refractivity contribution is -0.160. The van der Waals surface area contributed by atoms with Gasteiger partial charge in [-0.1, -0.05) is 45.9 Å². The predicted molar refractivity (Wildman–Crippen MR) is 181 cm³/mol. The number of ether oxygens (including phenoxy) is 4. The van der Waals surface area contributed by atoms with Gasteiger partial charge < -0.3 is 43.8 Å². The molecule has 0 amide bonds. The highest BCUT2D eigenvalue weighted by Gasteiger charge is 2.49. The molecule has 1 aromatic heterocycles. The molecule has 0 saturated heterocycles. The van der Waals surface area contributed by atoms with E-state index < -0.39 is 59.7 Å². The van der Waals surface area contributed by atoms with Gasteiger partial charge in [0.2, 0.25) is 5.89 Å². The number of aliphatic hydroxyl groups excluding tert-OH is 2. The molecule has 0 aliphatic carbocycles. The molecule has 3 aromatic rings. The van der Waals surface area contributed by atoms with Crippen LogP contribution in [0.1, 0.15) is 70.3 Å². The fraction of sp³-hybridized carbons (Fsp3) is 0.486. The number of hydrogen-bond donors (Lipinski definition) is 4. The molecule has 6 bridgehead atoms. The predicted octanol–water partition coefficient (Wildman–Crippen LogP) is 5.71. The summed E-state index contributed by atoms with van der Waals surface area (Å²) in [6, 6.07) is 1.36. The molecule has 12 heteroatoms. The lowest BCUT2D eigenvalue weighted by Gasteiger charge is -2.38. The van der Waals surface area contributed by atoms with Crippen molar-refractivity contribution < 1.29 is 53.4 Å². The van der Waals surface area contributed by atoms with Gasteiger partial charge in [0.1, 0.15) is 28.9 Å².